The summed E-state index contributed by atoms with van der Waals surface area (Å²) >= 11 is 1.72. The number of hydrogen-bond donors (Lipinski definition) is 1. The molecule has 0 aliphatic rings. The Balaban J connectivity index is 2.03. The van der Waals surface area contributed by atoms with Crippen LogP contribution in [0.15, 0.2) is 59.5 Å². The summed E-state index contributed by atoms with van der Waals surface area (Å²) in [5.74, 6) is 0.867. The van der Waals surface area contributed by atoms with Gasteiger partial charge in [-0.15, -0.1) is 11.8 Å². The van der Waals surface area contributed by atoms with E-state index in [2.05, 4.69) is 12.2 Å². The molecule has 3 heteroatoms. The van der Waals surface area contributed by atoms with Gasteiger partial charge in [-0.3, -0.25) is 4.79 Å². The standard InChI is InChI=1S/C18H19NOS/c1-3-21-17-7-5-4-6-16(17)19-18(20)13-12-15-10-8-14(2)9-11-15/h4-13H,3H2,1-2H3,(H,19,20)/b13-12+. The molecule has 0 aliphatic carbocycles. The minimum atomic E-state index is -0.111. The monoisotopic (exact) mass is 297 g/mol. The second kappa shape index (κ2) is 7.70. The first-order valence-electron chi connectivity index (χ1n) is 6.96. The van der Waals surface area contributed by atoms with Gasteiger partial charge >= 0.3 is 0 Å². The molecule has 0 saturated carbocycles. The van der Waals surface area contributed by atoms with Gasteiger partial charge in [0.25, 0.3) is 0 Å². The number of thioether (sulfide) groups is 1. The summed E-state index contributed by atoms with van der Waals surface area (Å²) in [6.07, 6.45) is 3.39. The number of rotatable bonds is 5. The fourth-order valence-electron chi connectivity index (χ4n) is 1.88. The predicted molar refractivity (Wildman–Crippen MR) is 91.7 cm³/mol. The molecule has 0 unspecified atom stereocenters. The summed E-state index contributed by atoms with van der Waals surface area (Å²) in [6.45, 7) is 4.14. The number of amides is 1. The van der Waals surface area contributed by atoms with E-state index in [1.807, 2.05) is 61.5 Å². The summed E-state index contributed by atoms with van der Waals surface area (Å²) in [6, 6.07) is 15.9. The Hall–Kier alpha value is -2.00. The maximum atomic E-state index is 12.0. The fraction of sp³-hybridized carbons (Fsp3) is 0.167. The van der Waals surface area contributed by atoms with E-state index in [-0.39, 0.29) is 5.91 Å². The summed E-state index contributed by atoms with van der Waals surface area (Å²) in [7, 11) is 0. The van der Waals surface area contributed by atoms with Crippen LogP contribution in [0.3, 0.4) is 0 Å². The molecular weight excluding hydrogens is 278 g/mol. The second-order valence-corrected chi connectivity index (χ2v) is 5.97. The van der Waals surface area contributed by atoms with Crippen molar-refractivity contribution in [3.05, 3.63) is 65.7 Å². The molecule has 0 atom stereocenters. The Morgan fingerprint density at radius 1 is 1.14 bits per heavy atom. The maximum Gasteiger partial charge on any atom is 0.248 e. The first-order chi connectivity index (χ1) is 10.2. The topological polar surface area (TPSA) is 29.1 Å². The molecule has 0 bridgehead atoms. The van der Waals surface area contributed by atoms with Crippen molar-refractivity contribution in [1.29, 1.82) is 0 Å². The lowest BCUT2D eigenvalue weighted by atomic mass is 10.1. The van der Waals surface area contributed by atoms with Crippen molar-refractivity contribution < 1.29 is 4.79 Å². The van der Waals surface area contributed by atoms with E-state index in [0.717, 1.165) is 21.9 Å². The van der Waals surface area contributed by atoms with E-state index in [1.165, 1.54) is 5.56 Å². The van der Waals surface area contributed by atoms with Crippen LogP contribution >= 0.6 is 11.8 Å². The Bertz CT molecular complexity index is 632. The molecule has 0 heterocycles. The molecular formula is C18H19NOS. The van der Waals surface area contributed by atoms with E-state index in [9.17, 15) is 4.79 Å². The molecule has 0 aromatic heterocycles. The number of aryl methyl sites for hydroxylation is 1. The molecule has 2 aromatic carbocycles. The lowest BCUT2D eigenvalue weighted by molar-refractivity contribution is -0.111. The fourth-order valence-corrected chi connectivity index (χ4v) is 2.64. The SMILES string of the molecule is CCSc1ccccc1NC(=O)/C=C/c1ccc(C)cc1. The van der Waals surface area contributed by atoms with Crippen LogP contribution in [0.25, 0.3) is 6.08 Å². The summed E-state index contributed by atoms with van der Waals surface area (Å²) in [5.41, 5.74) is 3.09. The van der Waals surface area contributed by atoms with Gasteiger partial charge in [0.1, 0.15) is 0 Å². The van der Waals surface area contributed by atoms with Gasteiger partial charge in [-0.1, -0.05) is 48.9 Å². The van der Waals surface area contributed by atoms with Crippen molar-refractivity contribution in [2.45, 2.75) is 18.7 Å². The number of nitrogens with one attached hydrogen (secondary N) is 1. The highest BCUT2D eigenvalue weighted by molar-refractivity contribution is 7.99. The average molecular weight is 297 g/mol. The van der Waals surface area contributed by atoms with E-state index in [0.29, 0.717) is 0 Å². The smallest absolute Gasteiger partial charge is 0.248 e. The zero-order valence-corrected chi connectivity index (χ0v) is 13.1. The van der Waals surface area contributed by atoms with Gasteiger partial charge in [0.05, 0.1) is 5.69 Å². The van der Waals surface area contributed by atoms with Gasteiger partial charge in [-0.25, -0.2) is 0 Å². The molecule has 2 rings (SSSR count). The van der Waals surface area contributed by atoms with E-state index in [4.69, 9.17) is 0 Å². The number of hydrogen-bond acceptors (Lipinski definition) is 2. The highest BCUT2D eigenvalue weighted by Crippen LogP contribution is 2.26. The van der Waals surface area contributed by atoms with Gasteiger partial charge in [0, 0.05) is 11.0 Å². The van der Waals surface area contributed by atoms with Crippen molar-refractivity contribution in [2.75, 3.05) is 11.1 Å². The highest BCUT2D eigenvalue weighted by Gasteiger charge is 2.03. The molecule has 2 nitrogen and oxygen atoms in total. The summed E-state index contributed by atoms with van der Waals surface area (Å²) < 4.78 is 0. The Labute approximate surface area is 130 Å². The molecule has 0 spiro atoms. The molecule has 0 radical (unpaired) electrons. The number of carbonyl (C=O) groups is 1. The van der Waals surface area contributed by atoms with Crippen molar-refractivity contribution in [2.24, 2.45) is 0 Å². The maximum absolute atomic E-state index is 12.0. The molecule has 0 fully saturated rings. The quantitative estimate of drug-likeness (QED) is 0.637. The number of para-hydroxylation sites is 1. The minimum absolute atomic E-state index is 0.111. The highest BCUT2D eigenvalue weighted by atomic mass is 32.2. The van der Waals surface area contributed by atoms with E-state index >= 15 is 0 Å². The Kier molecular flexibility index (Phi) is 5.64. The zero-order chi connectivity index (χ0) is 15.1. The van der Waals surface area contributed by atoms with E-state index < -0.39 is 0 Å². The van der Waals surface area contributed by atoms with Gasteiger partial charge in [-0.05, 0) is 36.4 Å². The van der Waals surface area contributed by atoms with Crippen molar-refractivity contribution in [3.8, 4) is 0 Å². The molecule has 108 valence electrons. The molecule has 0 saturated heterocycles. The van der Waals surface area contributed by atoms with Crippen molar-refractivity contribution >= 4 is 29.4 Å². The Morgan fingerprint density at radius 3 is 2.57 bits per heavy atom. The lowest BCUT2D eigenvalue weighted by Gasteiger charge is -2.08. The van der Waals surface area contributed by atoms with Gasteiger partial charge in [0.2, 0.25) is 5.91 Å². The van der Waals surface area contributed by atoms with Crippen molar-refractivity contribution in [3.63, 3.8) is 0 Å². The van der Waals surface area contributed by atoms with Gasteiger partial charge < -0.3 is 5.32 Å². The molecule has 2 aromatic rings. The lowest BCUT2D eigenvalue weighted by Crippen LogP contribution is -2.08. The molecule has 21 heavy (non-hydrogen) atoms. The third-order valence-corrected chi connectivity index (χ3v) is 3.90. The molecule has 1 amide bonds. The number of benzene rings is 2. The van der Waals surface area contributed by atoms with Crippen LogP contribution < -0.4 is 5.32 Å². The Morgan fingerprint density at radius 2 is 1.86 bits per heavy atom. The minimum Gasteiger partial charge on any atom is -0.321 e. The van der Waals surface area contributed by atoms with Crippen LogP contribution in [0.5, 0.6) is 0 Å². The summed E-state index contributed by atoms with van der Waals surface area (Å²) in [4.78, 5) is 13.1. The predicted octanol–water partition coefficient (Wildman–Crippen LogP) is 4.76. The van der Waals surface area contributed by atoms with Crippen LogP contribution in [0.4, 0.5) is 5.69 Å². The van der Waals surface area contributed by atoms with Crippen LogP contribution in [0.2, 0.25) is 0 Å². The number of carbonyl (C=O) groups excluding carboxylic acids is 1. The van der Waals surface area contributed by atoms with Gasteiger partial charge in [0.15, 0.2) is 0 Å². The first-order valence-corrected chi connectivity index (χ1v) is 7.95. The average Bonchev–Trinajstić information content (AvgIpc) is 2.49. The zero-order valence-electron chi connectivity index (χ0n) is 12.3. The van der Waals surface area contributed by atoms with Crippen LogP contribution in [-0.2, 0) is 4.79 Å². The largest absolute Gasteiger partial charge is 0.321 e. The summed E-state index contributed by atoms with van der Waals surface area (Å²) in [5, 5.41) is 2.93. The van der Waals surface area contributed by atoms with Gasteiger partial charge in [-0.2, -0.15) is 0 Å². The van der Waals surface area contributed by atoms with Crippen LogP contribution in [0, 0.1) is 6.92 Å². The third-order valence-electron chi connectivity index (χ3n) is 2.95. The number of anilines is 1. The first kappa shape index (κ1) is 15.4. The van der Waals surface area contributed by atoms with Crippen LogP contribution in [-0.4, -0.2) is 11.7 Å². The third kappa shape index (κ3) is 4.80. The van der Waals surface area contributed by atoms with Crippen LogP contribution in [0.1, 0.15) is 18.1 Å². The second-order valence-electron chi connectivity index (χ2n) is 4.66. The molecule has 0 aliphatic heterocycles. The van der Waals surface area contributed by atoms with E-state index in [1.54, 1.807) is 17.8 Å². The molecule has 1 N–H and O–H groups in total. The normalized spacial score (nSPS) is 10.8. The van der Waals surface area contributed by atoms with Crippen molar-refractivity contribution in [1.82, 2.24) is 0 Å².